The molecule has 1 aromatic rings. The van der Waals surface area contributed by atoms with Crippen LogP contribution in [0.25, 0.3) is 0 Å². The van der Waals surface area contributed by atoms with E-state index in [1.54, 1.807) is 37.6 Å². The minimum Gasteiger partial charge on any atom is -0.363 e. The first-order valence-corrected chi connectivity index (χ1v) is 14.0. The molecular formula is C28H38N4O4S. The van der Waals surface area contributed by atoms with E-state index < -0.39 is 23.5 Å². The van der Waals surface area contributed by atoms with Crippen LogP contribution >= 0.6 is 11.8 Å². The van der Waals surface area contributed by atoms with Gasteiger partial charge in [0.25, 0.3) is 0 Å². The highest BCUT2D eigenvalue weighted by Gasteiger charge is 2.55. The Kier molecular flexibility index (Phi) is 8.52. The van der Waals surface area contributed by atoms with E-state index in [1.807, 2.05) is 32.0 Å². The number of rotatable bonds is 7. The van der Waals surface area contributed by atoms with Gasteiger partial charge in [0.15, 0.2) is 0 Å². The molecule has 2 fully saturated rings. The molecule has 3 N–H and O–H groups in total. The lowest BCUT2D eigenvalue weighted by atomic mass is 9.83. The molecule has 0 unspecified atom stereocenters. The van der Waals surface area contributed by atoms with E-state index in [9.17, 15) is 14.4 Å². The average molecular weight is 527 g/mol. The van der Waals surface area contributed by atoms with Crippen molar-refractivity contribution in [2.45, 2.75) is 82.6 Å². The fourth-order valence-corrected chi connectivity index (χ4v) is 7.19. The highest BCUT2D eigenvalue weighted by molar-refractivity contribution is 7.99. The largest absolute Gasteiger partial charge is 0.363 e. The lowest BCUT2D eigenvalue weighted by molar-refractivity contribution is -0.144. The van der Waals surface area contributed by atoms with Crippen LogP contribution in [0.4, 0.5) is 0 Å². The zero-order valence-electron chi connectivity index (χ0n) is 22.3. The Bertz CT molecular complexity index is 1100. The number of hydrogen-bond donors (Lipinski definition) is 3. The minimum absolute atomic E-state index is 0.107. The van der Waals surface area contributed by atoms with Gasteiger partial charge in [0.05, 0.1) is 23.6 Å². The summed E-state index contributed by atoms with van der Waals surface area (Å²) >= 11 is 1.69. The first-order chi connectivity index (χ1) is 17.7. The molecule has 8 nitrogen and oxygen atoms in total. The zero-order valence-corrected chi connectivity index (χ0v) is 23.1. The maximum Gasteiger partial charge on any atom is 0.246 e. The van der Waals surface area contributed by atoms with Crippen molar-refractivity contribution in [2.75, 3.05) is 19.4 Å². The van der Waals surface area contributed by atoms with Crippen LogP contribution in [0.3, 0.4) is 0 Å². The Morgan fingerprint density at radius 2 is 2.03 bits per heavy atom. The van der Waals surface area contributed by atoms with Crippen LogP contribution in [0.1, 0.15) is 57.7 Å². The van der Waals surface area contributed by atoms with Gasteiger partial charge in [-0.1, -0.05) is 44.0 Å². The van der Waals surface area contributed by atoms with Gasteiger partial charge in [-0.05, 0) is 56.0 Å². The Morgan fingerprint density at radius 3 is 2.76 bits per heavy atom. The van der Waals surface area contributed by atoms with Gasteiger partial charge in [-0.2, -0.15) is 0 Å². The molecule has 0 saturated carbocycles. The van der Waals surface area contributed by atoms with E-state index in [-0.39, 0.29) is 35.2 Å². The van der Waals surface area contributed by atoms with E-state index in [0.717, 1.165) is 16.9 Å². The van der Waals surface area contributed by atoms with Crippen LogP contribution in [0.15, 0.2) is 24.3 Å². The monoisotopic (exact) mass is 526 g/mol. The minimum atomic E-state index is -0.652. The van der Waals surface area contributed by atoms with Crippen molar-refractivity contribution in [1.82, 2.24) is 20.9 Å². The number of carbonyl (C=O) groups is 3. The quantitative estimate of drug-likeness (QED) is 0.470. The van der Waals surface area contributed by atoms with Crippen LogP contribution < -0.4 is 16.0 Å². The first kappa shape index (κ1) is 27.5. The summed E-state index contributed by atoms with van der Waals surface area (Å²) in [7, 11) is 1.71. The summed E-state index contributed by atoms with van der Waals surface area (Å²) in [6.07, 6.45) is 1.71. The third-order valence-corrected chi connectivity index (χ3v) is 8.97. The summed E-state index contributed by atoms with van der Waals surface area (Å²) < 4.78 is 6.07. The Morgan fingerprint density at radius 1 is 1.27 bits per heavy atom. The number of nitrogens with one attached hydrogen (secondary N) is 3. The number of benzene rings is 1. The van der Waals surface area contributed by atoms with Gasteiger partial charge < -0.3 is 25.6 Å². The second kappa shape index (κ2) is 11.5. The number of carbonyl (C=O) groups excluding carboxylic acids is 3. The van der Waals surface area contributed by atoms with Crippen LogP contribution in [0.5, 0.6) is 0 Å². The third-order valence-electron chi connectivity index (χ3n) is 7.72. The SMILES string of the molecule is CC#CCO[C@@H]1Cc2ccccc2[C@@H]1NC(=O)[C@H]1N2C(=O)[C@@H](NC(=O)[C@H](C)NC)CCS[C@H]2CC1(C)C. The smallest absolute Gasteiger partial charge is 0.246 e. The molecule has 0 radical (unpaired) electrons. The second-order valence-corrected chi connectivity index (χ2v) is 12.0. The van der Waals surface area contributed by atoms with Gasteiger partial charge in [-0.3, -0.25) is 14.4 Å². The van der Waals surface area contributed by atoms with Crippen molar-refractivity contribution in [3.63, 3.8) is 0 Å². The van der Waals surface area contributed by atoms with E-state index in [2.05, 4.69) is 33.9 Å². The fourth-order valence-electron chi connectivity index (χ4n) is 5.62. The van der Waals surface area contributed by atoms with Crippen molar-refractivity contribution in [3.8, 4) is 11.8 Å². The molecule has 2 aliphatic heterocycles. The number of thioether (sulfide) groups is 1. The van der Waals surface area contributed by atoms with Gasteiger partial charge in [0, 0.05) is 6.42 Å². The summed E-state index contributed by atoms with van der Waals surface area (Å²) in [6.45, 7) is 7.92. The van der Waals surface area contributed by atoms with Gasteiger partial charge in [-0.25, -0.2) is 0 Å². The average Bonchev–Trinajstić information content (AvgIpc) is 3.30. The molecule has 9 heteroatoms. The molecule has 1 aromatic carbocycles. The molecule has 6 atom stereocenters. The molecule has 0 bridgehead atoms. The van der Waals surface area contributed by atoms with E-state index in [0.29, 0.717) is 25.9 Å². The van der Waals surface area contributed by atoms with Crippen LogP contribution in [-0.4, -0.2) is 71.6 Å². The van der Waals surface area contributed by atoms with Crippen molar-refractivity contribution in [1.29, 1.82) is 0 Å². The van der Waals surface area contributed by atoms with E-state index in [1.165, 1.54) is 0 Å². The van der Waals surface area contributed by atoms with Gasteiger partial charge in [0.1, 0.15) is 18.7 Å². The summed E-state index contributed by atoms with van der Waals surface area (Å²) in [4.78, 5) is 42.1. The van der Waals surface area contributed by atoms with Gasteiger partial charge in [0.2, 0.25) is 17.7 Å². The van der Waals surface area contributed by atoms with Gasteiger partial charge >= 0.3 is 0 Å². The Balaban J connectivity index is 1.58. The highest BCUT2D eigenvalue weighted by atomic mass is 32.2. The topological polar surface area (TPSA) is 99.8 Å². The standard InChI is InChI=1S/C28H38N4O4S/c1-6-7-13-36-21-15-18-10-8-9-11-19(18)23(21)31-26(34)24-28(3,4)16-22-32(24)27(35)20(12-14-37-22)30-25(33)17(2)29-5/h8-11,17,20-24,29H,12-16H2,1-5H3,(H,30,33)(H,31,34)/t17-,20-,21+,22-,23-,24+/m0/s1. The van der Waals surface area contributed by atoms with Crippen molar-refractivity contribution in [3.05, 3.63) is 35.4 Å². The summed E-state index contributed by atoms with van der Waals surface area (Å²) in [5.41, 5.74) is 1.76. The Labute approximate surface area is 224 Å². The van der Waals surface area contributed by atoms with E-state index in [4.69, 9.17) is 4.74 Å². The molecule has 200 valence electrons. The maximum atomic E-state index is 14.0. The predicted molar refractivity (Wildman–Crippen MR) is 145 cm³/mol. The molecule has 3 aliphatic rings. The summed E-state index contributed by atoms with van der Waals surface area (Å²) in [5, 5.41) is 8.97. The summed E-state index contributed by atoms with van der Waals surface area (Å²) in [6, 6.07) is 6.01. The molecule has 37 heavy (non-hydrogen) atoms. The summed E-state index contributed by atoms with van der Waals surface area (Å²) in [5.74, 6) is 5.94. The number of fused-ring (bicyclic) bond motifs is 2. The van der Waals surface area contributed by atoms with Crippen LogP contribution in [0, 0.1) is 17.3 Å². The van der Waals surface area contributed by atoms with Crippen LogP contribution in [0.2, 0.25) is 0 Å². The lowest BCUT2D eigenvalue weighted by Gasteiger charge is -2.35. The van der Waals surface area contributed by atoms with Crippen LogP contribution in [-0.2, 0) is 25.5 Å². The van der Waals surface area contributed by atoms with Crippen molar-refractivity contribution >= 4 is 29.5 Å². The third kappa shape index (κ3) is 5.66. The molecule has 1 aliphatic carbocycles. The Hall–Kier alpha value is -2.54. The molecule has 2 heterocycles. The second-order valence-electron chi connectivity index (χ2n) is 10.7. The number of likely N-dealkylation sites (N-methyl/N-ethyl adjacent to an activating group) is 1. The van der Waals surface area contributed by atoms with Gasteiger partial charge in [-0.15, -0.1) is 17.7 Å². The number of amides is 3. The molecular weight excluding hydrogens is 488 g/mol. The predicted octanol–water partition coefficient (Wildman–Crippen LogP) is 1.99. The lowest BCUT2D eigenvalue weighted by Crippen LogP contribution is -2.58. The maximum absolute atomic E-state index is 14.0. The number of nitrogens with zero attached hydrogens (tertiary/aromatic N) is 1. The molecule has 0 aromatic heterocycles. The zero-order chi connectivity index (χ0) is 26.7. The molecule has 2 saturated heterocycles. The van der Waals surface area contributed by atoms with Crippen molar-refractivity contribution in [2.24, 2.45) is 5.41 Å². The number of ether oxygens (including phenoxy) is 1. The highest BCUT2D eigenvalue weighted by Crippen LogP contribution is 2.46. The normalized spacial score (nSPS) is 28.8. The molecule has 4 rings (SSSR count). The molecule has 3 amide bonds. The fraction of sp³-hybridized carbons (Fsp3) is 0.607. The van der Waals surface area contributed by atoms with Crippen molar-refractivity contribution < 1.29 is 19.1 Å². The van der Waals surface area contributed by atoms with E-state index >= 15 is 0 Å². The number of hydrogen-bond acceptors (Lipinski definition) is 6. The first-order valence-electron chi connectivity index (χ1n) is 13.0. The molecule has 0 spiro atoms.